The first kappa shape index (κ1) is 15.9. The molecule has 3 N–H and O–H groups in total. The van der Waals surface area contributed by atoms with Crippen LogP contribution in [0.1, 0.15) is 16.7 Å². The van der Waals surface area contributed by atoms with Crippen molar-refractivity contribution < 1.29 is 0 Å². The molecule has 2 rings (SSSR count). The van der Waals surface area contributed by atoms with Gasteiger partial charge in [-0.3, -0.25) is 11.3 Å². The van der Waals surface area contributed by atoms with E-state index in [-0.39, 0.29) is 6.04 Å². The van der Waals surface area contributed by atoms with Gasteiger partial charge in [0.2, 0.25) is 0 Å². The number of thiophene rings is 1. The molecule has 20 heavy (non-hydrogen) atoms. The predicted molar refractivity (Wildman–Crippen MR) is 90.7 cm³/mol. The van der Waals surface area contributed by atoms with Crippen molar-refractivity contribution in [1.82, 2.24) is 5.43 Å². The second kappa shape index (κ2) is 8.05. The minimum absolute atomic E-state index is 0.250. The van der Waals surface area contributed by atoms with Gasteiger partial charge in [0, 0.05) is 26.4 Å². The maximum Gasteiger partial charge on any atom is 0.0541 e. The van der Waals surface area contributed by atoms with Gasteiger partial charge in [-0.25, -0.2) is 0 Å². The maximum absolute atomic E-state index is 6.16. The molecule has 5 heteroatoms. The van der Waals surface area contributed by atoms with Crippen LogP contribution < -0.4 is 11.3 Å². The van der Waals surface area contributed by atoms with Gasteiger partial charge >= 0.3 is 0 Å². The highest BCUT2D eigenvalue weighted by Gasteiger charge is 2.11. The van der Waals surface area contributed by atoms with Gasteiger partial charge in [-0.1, -0.05) is 30.7 Å². The number of benzene rings is 1. The zero-order valence-corrected chi connectivity index (χ0v) is 13.8. The lowest BCUT2D eigenvalue weighted by molar-refractivity contribution is 0.579. The van der Waals surface area contributed by atoms with Gasteiger partial charge in [-0.15, -0.1) is 23.1 Å². The minimum Gasteiger partial charge on any atom is -0.271 e. The Kier molecular flexibility index (Phi) is 6.39. The number of nitrogens with two attached hydrogens (primary N) is 1. The Morgan fingerprint density at radius 3 is 2.65 bits per heavy atom. The highest BCUT2D eigenvalue weighted by atomic mass is 35.5. The first-order valence-electron chi connectivity index (χ1n) is 6.64. The Morgan fingerprint density at radius 1 is 1.25 bits per heavy atom. The van der Waals surface area contributed by atoms with Crippen molar-refractivity contribution in [2.45, 2.75) is 30.7 Å². The summed E-state index contributed by atoms with van der Waals surface area (Å²) in [5.41, 5.74) is 2.91. The number of hydrogen-bond acceptors (Lipinski definition) is 4. The molecule has 2 aromatic rings. The SMILES string of the molecule is CCc1ccc(CC(CSc2ccccc2Cl)NN)s1. The summed E-state index contributed by atoms with van der Waals surface area (Å²) in [5.74, 6) is 6.57. The lowest BCUT2D eigenvalue weighted by Gasteiger charge is -2.15. The summed E-state index contributed by atoms with van der Waals surface area (Å²) in [7, 11) is 0. The van der Waals surface area contributed by atoms with Gasteiger partial charge in [0.25, 0.3) is 0 Å². The predicted octanol–water partition coefficient (Wildman–Crippen LogP) is 4.13. The standard InChI is InChI=1S/C15H19ClN2S2/c1-2-12-7-8-13(20-12)9-11(18-17)10-19-15-6-4-3-5-14(15)16/h3-8,11,18H,2,9-10,17H2,1H3. The number of aryl methyl sites for hydroxylation is 1. The highest BCUT2D eigenvalue weighted by Crippen LogP contribution is 2.28. The molecule has 0 bridgehead atoms. The smallest absolute Gasteiger partial charge is 0.0541 e. The van der Waals surface area contributed by atoms with Crippen LogP contribution in [-0.2, 0) is 12.8 Å². The van der Waals surface area contributed by atoms with Crippen LogP contribution >= 0.6 is 34.7 Å². The Labute approximate surface area is 133 Å². The summed E-state index contributed by atoms with van der Waals surface area (Å²) in [4.78, 5) is 3.91. The zero-order chi connectivity index (χ0) is 14.4. The Hall–Kier alpha value is -0.520. The van der Waals surface area contributed by atoms with Crippen LogP contribution in [0.25, 0.3) is 0 Å². The van der Waals surface area contributed by atoms with Crippen molar-refractivity contribution in [2.24, 2.45) is 5.84 Å². The van der Waals surface area contributed by atoms with E-state index in [9.17, 15) is 0 Å². The first-order chi connectivity index (χ1) is 9.72. The normalized spacial score (nSPS) is 12.6. The van der Waals surface area contributed by atoms with E-state index >= 15 is 0 Å². The fourth-order valence-electron chi connectivity index (χ4n) is 1.88. The lowest BCUT2D eigenvalue weighted by atomic mass is 10.2. The molecular formula is C15H19ClN2S2. The zero-order valence-electron chi connectivity index (χ0n) is 11.4. The van der Waals surface area contributed by atoms with Gasteiger partial charge in [0.1, 0.15) is 0 Å². The van der Waals surface area contributed by atoms with E-state index in [0.29, 0.717) is 0 Å². The average Bonchev–Trinajstić information content (AvgIpc) is 2.92. The van der Waals surface area contributed by atoms with Crippen LogP contribution in [0.2, 0.25) is 5.02 Å². The molecule has 108 valence electrons. The fraction of sp³-hybridized carbons (Fsp3) is 0.333. The van der Waals surface area contributed by atoms with Crippen LogP contribution in [0.3, 0.4) is 0 Å². The lowest BCUT2D eigenvalue weighted by Crippen LogP contribution is -2.38. The third-order valence-corrected chi connectivity index (χ3v) is 5.96. The third-order valence-electron chi connectivity index (χ3n) is 3.03. The molecule has 1 atom stereocenters. The van der Waals surface area contributed by atoms with Crippen molar-refractivity contribution in [1.29, 1.82) is 0 Å². The molecule has 1 unspecified atom stereocenters. The molecule has 0 aliphatic rings. The quantitative estimate of drug-likeness (QED) is 0.456. The van der Waals surface area contributed by atoms with Crippen LogP contribution in [-0.4, -0.2) is 11.8 Å². The van der Waals surface area contributed by atoms with Crippen molar-refractivity contribution in [3.8, 4) is 0 Å². The Balaban J connectivity index is 1.91. The van der Waals surface area contributed by atoms with Gasteiger partial charge in [0.15, 0.2) is 0 Å². The monoisotopic (exact) mass is 326 g/mol. The van der Waals surface area contributed by atoms with E-state index in [4.69, 9.17) is 17.4 Å². The summed E-state index contributed by atoms with van der Waals surface area (Å²) >= 11 is 9.78. The molecule has 0 fully saturated rings. The molecule has 0 radical (unpaired) electrons. The van der Waals surface area contributed by atoms with E-state index in [0.717, 1.165) is 28.5 Å². The molecule has 0 amide bonds. The second-order valence-electron chi connectivity index (χ2n) is 4.53. The fourth-order valence-corrected chi connectivity index (χ4v) is 4.20. The topological polar surface area (TPSA) is 38.0 Å². The Bertz CT molecular complexity index is 542. The molecule has 1 aromatic heterocycles. The molecule has 1 heterocycles. The van der Waals surface area contributed by atoms with Gasteiger partial charge in [-0.05, 0) is 37.1 Å². The number of halogens is 1. The van der Waals surface area contributed by atoms with Crippen LogP contribution in [0.4, 0.5) is 0 Å². The molecule has 0 aliphatic carbocycles. The summed E-state index contributed by atoms with van der Waals surface area (Å²) in [5, 5.41) is 0.803. The minimum atomic E-state index is 0.250. The number of hydrazine groups is 1. The second-order valence-corrected chi connectivity index (χ2v) is 7.25. The first-order valence-corrected chi connectivity index (χ1v) is 8.82. The largest absolute Gasteiger partial charge is 0.271 e. The molecule has 0 saturated carbocycles. The maximum atomic E-state index is 6.16. The Morgan fingerprint density at radius 2 is 2.00 bits per heavy atom. The number of thioether (sulfide) groups is 1. The van der Waals surface area contributed by atoms with Crippen molar-refractivity contribution in [3.05, 3.63) is 51.2 Å². The average molecular weight is 327 g/mol. The number of nitrogens with one attached hydrogen (secondary N) is 1. The number of rotatable bonds is 7. The molecule has 0 aliphatic heterocycles. The molecule has 0 saturated heterocycles. The van der Waals surface area contributed by atoms with Gasteiger partial charge < -0.3 is 0 Å². The van der Waals surface area contributed by atoms with E-state index in [1.54, 1.807) is 11.8 Å². The molecular weight excluding hydrogens is 308 g/mol. The summed E-state index contributed by atoms with van der Waals surface area (Å²) < 4.78 is 0. The van der Waals surface area contributed by atoms with E-state index in [1.165, 1.54) is 9.75 Å². The third kappa shape index (κ3) is 4.50. The molecule has 0 spiro atoms. The van der Waals surface area contributed by atoms with Gasteiger partial charge in [0.05, 0.1) is 5.02 Å². The van der Waals surface area contributed by atoms with Crippen molar-refractivity contribution in [2.75, 3.05) is 5.75 Å². The summed E-state index contributed by atoms with van der Waals surface area (Å²) in [6, 6.07) is 12.6. The van der Waals surface area contributed by atoms with Crippen molar-refractivity contribution in [3.63, 3.8) is 0 Å². The van der Waals surface area contributed by atoms with E-state index in [1.807, 2.05) is 35.6 Å². The van der Waals surface area contributed by atoms with Crippen LogP contribution in [0.15, 0.2) is 41.3 Å². The summed E-state index contributed by atoms with van der Waals surface area (Å²) in [6.07, 6.45) is 2.05. The van der Waals surface area contributed by atoms with Crippen LogP contribution in [0, 0.1) is 0 Å². The summed E-state index contributed by atoms with van der Waals surface area (Å²) in [6.45, 7) is 2.18. The van der Waals surface area contributed by atoms with Gasteiger partial charge in [-0.2, -0.15) is 0 Å². The highest BCUT2D eigenvalue weighted by molar-refractivity contribution is 7.99. The van der Waals surface area contributed by atoms with Crippen molar-refractivity contribution >= 4 is 34.7 Å². The van der Waals surface area contributed by atoms with E-state index < -0.39 is 0 Å². The molecule has 2 nitrogen and oxygen atoms in total. The van der Waals surface area contributed by atoms with E-state index in [2.05, 4.69) is 24.5 Å². The molecule has 1 aromatic carbocycles. The van der Waals surface area contributed by atoms with Crippen LogP contribution in [0.5, 0.6) is 0 Å². The number of hydrogen-bond donors (Lipinski definition) is 2.